The highest BCUT2D eigenvalue weighted by molar-refractivity contribution is 8.93. The van der Waals surface area contributed by atoms with E-state index in [1.165, 1.54) is 0 Å². The minimum atomic E-state index is 0. The van der Waals surface area contributed by atoms with Crippen molar-refractivity contribution >= 4 is 22.8 Å². The summed E-state index contributed by atoms with van der Waals surface area (Å²) < 4.78 is 0. The standard InChI is InChI=1S/C6H8N2.BrH/c1-5-2-3-6(7)8-4-5;/h2-4H,1H3,(H2,7,8);1H. The first-order valence-electron chi connectivity index (χ1n) is 2.47. The van der Waals surface area contributed by atoms with E-state index >= 15 is 0 Å². The first-order valence-corrected chi connectivity index (χ1v) is 2.47. The molecule has 1 aromatic heterocycles. The number of pyridine rings is 1. The summed E-state index contributed by atoms with van der Waals surface area (Å²) in [4.78, 5) is 3.86. The highest BCUT2D eigenvalue weighted by Gasteiger charge is 1.81. The van der Waals surface area contributed by atoms with Crippen molar-refractivity contribution in [2.75, 3.05) is 5.73 Å². The number of nitrogens with zero attached hydrogens (tertiary/aromatic N) is 1. The Bertz CT molecular complexity index is 150. The van der Waals surface area contributed by atoms with Crippen LogP contribution in [0.1, 0.15) is 5.56 Å². The molecule has 0 aliphatic rings. The zero-order valence-electron chi connectivity index (χ0n) is 5.16. The Morgan fingerprint density at radius 2 is 2.11 bits per heavy atom. The van der Waals surface area contributed by atoms with Crippen LogP contribution < -0.4 is 5.73 Å². The number of anilines is 1. The van der Waals surface area contributed by atoms with Crippen LogP contribution in [-0.4, -0.2) is 4.98 Å². The van der Waals surface area contributed by atoms with Gasteiger partial charge in [-0.15, -0.1) is 17.0 Å². The maximum atomic E-state index is 5.32. The van der Waals surface area contributed by atoms with Crippen LogP contribution in [0.4, 0.5) is 5.82 Å². The molecule has 0 bridgehead atoms. The lowest BCUT2D eigenvalue weighted by molar-refractivity contribution is 1.28. The van der Waals surface area contributed by atoms with Crippen LogP contribution >= 0.6 is 17.0 Å². The summed E-state index contributed by atoms with van der Waals surface area (Å²) in [7, 11) is 0. The second-order valence-corrected chi connectivity index (χ2v) is 1.76. The predicted octanol–water partition coefficient (Wildman–Crippen LogP) is 1.55. The molecule has 50 valence electrons. The quantitative estimate of drug-likeness (QED) is 0.672. The molecule has 1 heterocycles. The molecule has 1 rings (SSSR count). The molecule has 0 aliphatic heterocycles. The number of aryl methyl sites for hydroxylation is 1. The second-order valence-electron chi connectivity index (χ2n) is 1.76. The minimum absolute atomic E-state index is 0. The lowest BCUT2D eigenvalue weighted by Crippen LogP contribution is -1.87. The van der Waals surface area contributed by atoms with Gasteiger partial charge >= 0.3 is 0 Å². The Hall–Kier alpha value is -0.570. The monoisotopic (exact) mass is 188 g/mol. The Morgan fingerprint density at radius 1 is 1.44 bits per heavy atom. The third-order valence-electron chi connectivity index (χ3n) is 0.934. The van der Waals surface area contributed by atoms with Crippen LogP contribution in [0.15, 0.2) is 18.3 Å². The number of aromatic nitrogens is 1. The number of rotatable bonds is 0. The third-order valence-corrected chi connectivity index (χ3v) is 0.934. The van der Waals surface area contributed by atoms with Crippen molar-refractivity contribution in [3.63, 3.8) is 0 Å². The van der Waals surface area contributed by atoms with Gasteiger partial charge in [0.1, 0.15) is 5.82 Å². The summed E-state index contributed by atoms with van der Waals surface area (Å²) in [5, 5.41) is 0. The van der Waals surface area contributed by atoms with Crippen LogP contribution in [0, 0.1) is 6.92 Å². The highest BCUT2D eigenvalue weighted by Crippen LogP contribution is 1.97. The Morgan fingerprint density at radius 3 is 2.44 bits per heavy atom. The molecule has 2 nitrogen and oxygen atoms in total. The van der Waals surface area contributed by atoms with Crippen molar-refractivity contribution in [1.29, 1.82) is 0 Å². The Balaban J connectivity index is 0.000000640. The van der Waals surface area contributed by atoms with E-state index < -0.39 is 0 Å². The zero-order chi connectivity index (χ0) is 5.98. The van der Waals surface area contributed by atoms with Crippen LogP contribution in [-0.2, 0) is 0 Å². The van der Waals surface area contributed by atoms with Gasteiger partial charge in [-0.2, -0.15) is 0 Å². The first-order chi connectivity index (χ1) is 3.79. The lowest BCUT2D eigenvalue weighted by atomic mass is 10.3. The maximum Gasteiger partial charge on any atom is 0.123 e. The normalized spacial score (nSPS) is 8.11. The fourth-order valence-corrected chi connectivity index (χ4v) is 0.479. The van der Waals surface area contributed by atoms with E-state index in [1.54, 1.807) is 12.3 Å². The number of nitrogen functional groups attached to an aromatic ring is 1. The summed E-state index contributed by atoms with van der Waals surface area (Å²) in [6.07, 6.45) is 1.75. The van der Waals surface area contributed by atoms with Crippen molar-refractivity contribution in [2.45, 2.75) is 6.92 Å². The van der Waals surface area contributed by atoms with Gasteiger partial charge in [0.15, 0.2) is 0 Å². The van der Waals surface area contributed by atoms with Crippen LogP contribution in [0.2, 0.25) is 0 Å². The molecule has 0 aromatic carbocycles. The van der Waals surface area contributed by atoms with E-state index in [4.69, 9.17) is 5.73 Å². The van der Waals surface area contributed by atoms with Crippen molar-refractivity contribution in [3.05, 3.63) is 23.9 Å². The van der Waals surface area contributed by atoms with E-state index in [9.17, 15) is 0 Å². The molecular weight excluding hydrogens is 180 g/mol. The molecule has 1 aromatic rings. The fraction of sp³-hybridized carbons (Fsp3) is 0.167. The Kier molecular flexibility index (Phi) is 3.24. The van der Waals surface area contributed by atoms with Crippen LogP contribution in [0.5, 0.6) is 0 Å². The van der Waals surface area contributed by atoms with Gasteiger partial charge in [-0.1, -0.05) is 6.07 Å². The average molecular weight is 189 g/mol. The topological polar surface area (TPSA) is 38.9 Å². The molecule has 0 aliphatic carbocycles. The van der Waals surface area contributed by atoms with E-state index in [-0.39, 0.29) is 17.0 Å². The summed E-state index contributed by atoms with van der Waals surface area (Å²) in [5.41, 5.74) is 6.45. The summed E-state index contributed by atoms with van der Waals surface area (Å²) in [6.45, 7) is 1.98. The van der Waals surface area contributed by atoms with E-state index in [0.717, 1.165) is 5.56 Å². The molecular formula is C6H9BrN2. The Labute approximate surface area is 64.9 Å². The third kappa shape index (κ3) is 2.46. The smallest absolute Gasteiger partial charge is 0.123 e. The maximum absolute atomic E-state index is 5.32. The molecule has 0 radical (unpaired) electrons. The van der Waals surface area contributed by atoms with Crippen LogP contribution in [0.3, 0.4) is 0 Å². The van der Waals surface area contributed by atoms with Gasteiger partial charge in [0.2, 0.25) is 0 Å². The predicted molar refractivity (Wildman–Crippen MR) is 43.7 cm³/mol. The molecule has 0 spiro atoms. The van der Waals surface area contributed by atoms with Crippen LogP contribution in [0.25, 0.3) is 0 Å². The van der Waals surface area contributed by atoms with E-state index in [1.807, 2.05) is 13.0 Å². The molecule has 0 atom stereocenters. The van der Waals surface area contributed by atoms with Crippen molar-refractivity contribution in [2.24, 2.45) is 0 Å². The fourth-order valence-electron chi connectivity index (χ4n) is 0.479. The molecule has 0 amide bonds. The zero-order valence-corrected chi connectivity index (χ0v) is 6.88. The van der Waals surface area contributed by atoms with Gasteiger partial charge in [-0.05, 0) is 18.6 Å². The molecule has 9 heavy (non-hydrogen) atoms. The van der Waals surface area contributed by atoms with Crippen molar-refractivity contribution in [1.82, 2.24) is 4.98 Å². The minimum Gasteiger partial charge on any atom is -0.384 e. The van der Waals surface area contributed by atoms with Gasteiger partial charge in [0.05, 0.1) is 0 Å². The van der Waals surface area contributed by atoms with E-state index in [0.29, 0.717) is 5.82 Å². The number of hydrogen-bond acceptors (Lipinski definition) is 2. The molecule has 2 N–H and O–H groups in total. The average Bonchev–Trinajstić information content (AvgIpc) is 1.77. The first kappa shape index (κ1) is 8.43. The number of nitrogens with two attached hydrogens (primary N) is 1. The summed E-state index contributed by atoms with van der Waals surface area (Å²) >= 11 is 0. The summed E-state index contributed by atoms with van der Waals surface area (Å²) in [5.74, 6) is 0.579. The SMILES string of the molecule is Br.Cc1ccc(N)nc1. The largest absolute Gasteiger partial charge is 0.384 e. The van der Waals surface area contributed by atoms with Gasteiger partial charge in [0, 0.05) is 6.20 Å². The number of halogens is 1. The number of hydrogen-bond donors (Lipinski definition) is 1. The lowest BCUT2D eigenvalue weighted by Gasteiger charge is -1.89. The van der Waals surface area contributed by atoms with Gasteiger partial charge in [-0.3, -0.25) is 0 Å². The second kappa shape index (κ2) is 3.45. The summed E-state index contributed by atoms with van der Waals surface area (Å²) in [6, 6.07) is 3.72. The van der Waals surface area contributed by atoms with E-state index in [2.05, 4.69) is 4.98 Å². The molecule has 0 saturated carbocycles. The molecule has 0 unspecified atom stereocenters. The van der Waals surface area contributed by atoms with Gasteiger partial charge in [0.25, 0.3) is 0 Å². The molecule has 0 fully saturated rings. The van der Waals surface area contributed by atoms with Crippen molar-refractivity contribution < 1.29 is 0 Å². The highest BCUT2D eigenvalue weighted by atomic mass is 79.9. The molecule has 3 heteroatoms. The molecule has 0 saturated heterocycles. The van der Waals surface area contributed by atoms with Crippen molar-refractivity contribution in [3.8, 4) is 0 Å². The van der Waals surface area contributed by atoms with Gasteiger partial charge < -0.3 is 5.73 Å². The van der Waals surface area contributed by atoms with Gasteiger partial charge in [-0.25, -0.2) is 4.98 Å².